The van der Waals surface area contributed by atoms with Gasteiger partial charge < -0.3 is 9.58 Å². The van der Waals surface area contributed by atoms with Gasteiger partial charge in [-0.25, -0.2) is 6.57 Å². The molecule has 0 amide bonds. The molecule has 0 bridgehead atoms. The molecule has 0 aromatic heterocycles. The van der Waals surface area contributed by atoms with E-state index in [9.17, 15) is 0 Å². The smallest absolute Gasteiger partial charge is 0.248 e. The highest BCUT2D eigenvalue weighted by Crippen LogP contribution is 2.15. The number of hydrogen-bond donors (Lipinski definition) is 0. The first-order valence-corrected chi connectivity index (χ1v) is 3.92. The van der Waals surface area contributed by atoms with Gasteiger partial charge in [0, 0.05) is 5.02 Å². The molecule has 0 aliphatic heterocycles. The summed E-state index contributed by atoms with van der Waals surface area (Å²) in [7, 11) is 0. The topological polar surface area (TPSA) is 13.6 Å². The van der Waals surface area contributed by atoms with Gasteiger partial charge in [0.15, 0.2) is 6.61 Å². The van der Waals surface area contributed by atoms with Crippen LogP contribution in [0.5, 0.6) is 5.75 Å². The quantitative estimate of drug-likeness (QED) is 0.516. The van der Waals surface area contributed by atoms with Crippen molar-refractivity contribution < 1.29 is 4.74 Å². The van der Waals surface area contributed by atoms with Crippen molar-refractivity contribution in [3.8, 4) is 5.75 Å². The Balaban J connectivity index is 2.43. The Morgan fingerprint density at radius 3 is 2.58 bits per heavy atom. The van der Waals surface area contributed by atoms with Gasteiger partial charge in [-0.1, -0.05) is 11.6 Å². The first kappa shape index (κ1) is 8.89. The first-order chi connectivity index (χ1) is 5.83. The predicted molar refractivity (Wildman–Crippen MR) is 48.4 cm³/mol. The van der Waals surface area contributed by atoms with Crippen LogP contribution in [-0.4, -0.2) is 13.2 Å². The van der Waals surface area contributed by atoms with Crippen LogP contribution in [0, 0.1) is 6.57 Å². The number of rotatable bonds is 3. The second kappa shape index (κ2) is 4.63. The fourth-order valence-electron chi connectivity index (χ4n) is 0.740. The molecule has 0 saturated carbocycles. The largest absolute Gasteiger partial charge is 0.486 e. The molecule has 1 rings (SSSR count). The van der Waals surface area contributed by atoms with Gasteiger partial charge in [0.25, 0.3) is 0 Å². The van der Waals surface area contributed by atoms with Gasteiger partial charge in [-0.2, -0.15) is 0 Å². The highest BCUT2D eigenvalue weighted by Gasteiger charge is 1.93. The maximum atomic E-state index is 6.53. The van der Waals surface area contributed by atoms with E-state index >= 15 is 0 Å². The van der Waals surface area contributed by atoms with Crippen LogP contribution in [0.3, 0.4) is 0 Å². The van der Waals surface area contributed by atoms with Crippen molar-refractivity contribution >= 4 is 11.6 Å². The molecule has 1 aromatic rings. The number of benzene rings is 1. The van der Waals surface area contributed by atoms with E-state index in [0.29, 0.717) is 18.2 Å². The zero-order valence-corrected chi connectivity index (χ0v) is 7.21. The van der Waals surface area contributed by atoms with Gasteiger partial charge in [-0.15, -0.1) is 0 Å². The van der Waals surface area contributed by atoms with Gasteiger partial charge in [0.05, 0.1) is 0 Å². The van der Waals surface area contributed by atoms with Crippen LogP contribution in [0.25, 0.3) is 4.85 Å². The monoisotopic (exact) mass is 181 g/mol. The van der Waals surface area contributed by atoms with Crippen LogP contribution in [0.1, 0.15) is 0 Å². The Labute approximate surface area is 76.5 Å². The predicted octanol–water partition coefficient (Wildman–Crippen LogP) is 2.64. The molecule has 0 saturated heterocycles. The van der Waals surface area contributed by atoms with E-state index < -0.39 is 0 Å². The van der Waals surface area contributed by atoms with Crippen LogP contribution in [-0.2, 0) is 0 Å². The lowest BCUT2D eigenvalue weighted by molar-refractivity contribution is 0.336. The maximum absolute atomic E-state index is 6.53. The van der Waals surface area contributed by atoms with Crippen LogP contribution in [0.2, 0.25) is 5.02 Å². The van der Waals surface area contributed by atoms with E-state index in [0.717, 1.165) is 5.75 Å². The van der Waals surface area contributed by atoms with E-state index in [1.807, 2.05) is 0 Å². The minimum absolute atomic E-state index is 0.391. The molecule has 0 radical (unpaired) electrons. The molecule has 0 N–H and O–H groups in total. The average Bonchev–Trinajstić information content (AvgIpc) is 2.09. The fraction of sp³-hybridized carbons (Fsp3) is 0.222. The zero-order chi connectivity index (χ0) is 8.81. The summed E-state index contributed by atoms with van der Waals surface area (Å²) in [5.41, 5.74) is 0. The van der Waals surface area contributed by atoms with Crippen molar-refractivity contribution in [3.63, 3.8) is 0 Å². The summed E-state index contributed by atoms with van der Waals surface area (Å²) in [6, 6.07) is 7.09. The van der Waals surface area contributed by atoms with Crippen molar-refractivity contribution in [1.29, 1.82) is 0 Å². The molecular weight excluding hydrogens is 174 g/mol. The minimum atomic E-state index is 0.391. The van der Waals surface area contributed by atoms with Gasteiger partial charge in [0.1, 0.15) is 5.75 Å². The van der Waals surface area contributed by atoms with E-state index in [2.05, 4.69) is 4.85 Å². The lowest BCUT2D eigenvalue weighted by Crippen LogP contribution is -1.98. The first-order valence-electron chi connectivity index (χ1n) is 3.54. The molecule has 0 atom stereocenters. The van der Waals surface area contributed by atoms with Crippen molar-refractivity contribution in [3.05, 3.63) is 40.7 Å². The minimum Gasteiger partial charge on any atom is -0.486 e. The summed E-state index contributed by atoms with van der Waals surface area (Å²) < 4.78 is 5.23. The summed E-state index contributed by atoms with van der Waals surface area (Å²) in [6.07, 6.45) is 0. The Bertz CT molecular complexity index is 276. The Morgan fingerprint density at radius 1 is 1.33 bits per heavy atom. The van der Waals surface area contributed by atoms with Crippen molar-refractivity contribution in [1.82, 2.24) is 0 Å². The SMILES string of the molecule is [C-]#[N+]CCOc1ccc(Cl)cc1. The molecule has 3 heteroatoms. The van der Waals surface area contributed by atoms with Gasteiger partial charge in [-0.05, 0) is 24.3 Å². The molecule has 0 aliphatic rings. The van der Waals surface area contributed by atoms with E-state index in [4.69, 9.17) is 22.9 Å². The van der Waals surface area contributed by atoms with Crippen molar-refractivity contribution in [2.45, 2.75) is 0 Å². The second-order valence-corrected chi connectivity index (χ2v) is 2.62. The number of hydrogen-bond acceptors (Lipinski definition) is 1. The van der Waals surface area contributed by atoms with E-state index in [1.165, 1.54) is 0 Å². The Morgan fingerprint density at radius 2 is 2.00 bits per heavy atom. The number of halogens is 1. The zero-order valence-electron chi connectivity index (χ0n) is 6.46. The lowest BCUT2D eigenvalue weighted by Gasteiger charge is -2.00. The van der Waals surface area contributed by atoms with Crippen LogP contribution in [0.15, 0.2) is 24.3 Å². The van der Waals surface area contributed by atoms with Gasteiger partial charge in [-0.3, -0.25) is 0 Å². The fourth-order valence-corrected chi connectivity index (χ4v) is 0.866. The molecule has 0 aliphatic carbocycles. The van der Waals surface area contributed by atoms with Gasteiger partial charge >= 0.3 is 0 Å². The van der Waals surface area contributed by atoms with E-state index in [-0.39, 0.29) is 0 Å². The summed E-state index contributed by atoms with van der Waals surface area (Å²) in [5, 5.41) is 0.688. The number of nitrogens with zero attached hydrogens (tertiary/aromatic N) is 1. The summed E-state index contributed by atoms with van der Waals surface area (Å²) in [6.45, 7) is 7.35. The molecule has 12 heavy (non-hydrogen) atoms. The molecule has 0 heterocycles. The maximum Gasteiger partial charge on any atom is 0.248 e. The van der Waals surface area contributed by atoms with Crippen molar-refractivity contribution in [2.75, 3.05) is 13.2 Å². The molecule has 1 aromatic carbocycles. The highest BCUT2D eigenvalue weighted by atomic mass is 35.5. The summed E-state index contributed by atoms with van der Waals surface area (Å²) in [5.74, 6) is 0.753. The average molecular weight is 182 g/mol. The molecule has 0 unspecified atom stereocenters. The highest BCUT2D eigenvalue weighted by molar-refractivity contribution is 6.30. The van der Waals surface area contributed by atoms with Crippen LogP contribution in [0.4, 0.5) is 0 Å². The molecule has 2 nitrogen and oxygen atoms in total. The molecule has 62 valence electrons. The summed E-state index contributed by atoms with van der Waals surface area (Å²) in [4.78, 5) is 3.17. The Hall–Kier alpha value is -1.20. The third-order valence-corrected chi connectivity index (χ3v) is 1.54. The molecule has 0 fully saturated rings. The molecule has 0 spiro atoms. The van der Waals surface area contributed by atoms with E-state index in [1.54, 1.807) is 24.3 Å². The molecular formula is C9H8ClNO. The normalized spacial score (nSPS) is 9.00. The third kappa shape index (κ3) is 2.81. The second-order valence-electron chi connectivity index (χ2n) is 2.18. The number of ether oxygens (including phenoxy) is 1. The lowest BCUT2D eigenvalue weighted by atomic mass is 10.3. The summed E-state index contributed by atoms with van der Waals surface area (Å²) >= 11 is 5.67. The Kier molecular flexibility index (Phi) is 3.43. The third-order valence-electron chi connectivity index (χ3n) is 1.29. The van der Waals surface area contributed by atoms with Crippen molar-refractivity contribution in [2.24, 2.45) is 0 Å². The standard InChI is InChI=1S/C9H8ClNO/c1-11-6-7-12-9-4-2-8(10)3-5-9/h2-5H,6-7H2. The van der Waals surface area contributed by atoms with Gasteiger partial charge in [0.2, 0.25) is 6.54 Å². The van der Waals surface area contributed by atoms with Crippen LogP contribution >= 0.6 is 11.6 Å². The van der Waals surface area contributed by atoms with Crippen LogP contribution < -0.4 is 4.74 Å².